The first-order valence-corrected chi connectivity index (χ1v) is 11.8. The van der Waals surface area contributed by atoms with Crippen molar-refractivity contribution < 1.29 is 14.0 Å². The maximum absolute atomic E-state index is 14.5. The molecule has 0 aliphatic rings. The molecule has 2 N–H and O–H groups in total. The number of aromatic nitrogens is 2. The molecule has 0 spiro atoms. The standard InChI is InChI=1S/C28H26ClFN4O2/c1-4-17(2)11-26(35)32-21-9-10-24-20(13-21)14-25(34(24)16-19-7-5-6-8-23(19)30)28(36)33-22-12-18(3)27(29)31-15-22/h4-10,12-15H,11,16H2,1-3H3,(H,32,35)(H,33,36)/b17-4+. The molecule has 2 aromatic carbocycles. The first kappa shape index (κ1) is 25.1. The molecule has 0 radical (unpaired) electrons. The van der Waals surface area contributed by atoms with Gasteiger partial charge in [0.1, 0.15) is 16.7 Å². The largest absolute Gasteiger partial charge is 0.332 e. The number of allylic oxidation sites excluding steroid dienone is 1. The highest BCUT2D eigenvalue weighted by Crippen LogP contribution is 2.27. The van der Waals surface area contributed by atoms with E-state index in [1.165, 1.54) is 12.3 Å². The SMILES string of the molecule is C/C=C(\C)CC(=O)Nc1ccc2c(c1)cc(C(=O)Nc1cnc(Cl)c(C)c1)n2Cc1ccccc1F. The van der Waals surface area contributed by atoms with E-state index in [2.05, 4.69) is 15.6 Å². The Balaban J connectivity index is 1.71. The molecular weight excluding hydrogens is 479 g/mol. The van der Waals surface area contributed by atoms with Crippen LogP contribution in [-0.2, 0) is 11.3 Å². The predicted octanol–water partition coefficient (Wildman–Crippen LogP) is 6.73. The van der Waals surface area contributed by atoms with Crippen molar-refractivity contribution in [1.29, 1.82) is 0 Å². The summed E-state index contributed by atoms with van der Waals surface area (Å²) >= 11 is 6.01. The summed E-state index contributed by atoms with van der Waals surface area (Å²) in [6.45, 7) is 5.74. The van der Waals surface area contributed by atoms with Gasteiger partial charge in [0.2, 0.25) is 5.91 Å². The Bertz CT molecular complexity index is 1490. The van der Waals surface area contributed by atoms with Crippen molar-refractivity contribution >= 4 is 45.7 Å². The molecule has 0 aliphatic carbocycles. The van der Waals surface area contributed by atoms with Gasteiger partial charge in [-0.1, -0.05) is 41.4 Å². The van der Waals surface area contributed by atoms with Gasteiger partial charge in [0, 0.05) is 28.6 Å². The number of halogens is 2. The topological polar surface area (TPSA) is 76.0 Å². The van der Waals surface area contributed by atoms with Crippen molar-refractivity contribution in [1.82, 2.24) is 9.55 Å². The van der Waals surface area contributed by atoms with Crippen LogP contribution in [0.1, 0.15) is 41.9 Å². The quantitative estimate of drug-likeness (QED) is 0.216. The molecule has 0 fully saturated rings. The number of carbonyl (C=O) groups excluding carboxylic acids is 2. The first-order valence-electron chi connectivity index (χ1n) is 11.5. The molecule has 4 rings (SSSR count). The number of rotatable bonds is 7. The molecule has 6 nitrogen and oxygen atoms in total. The molecule has 8 heteroatoms. The summed E-state index contributed by atoms with van der Waals surface area (Å²) in [5.41, 5.74) is 4.34. The van der Waals surface area contributed by atoms with Crippen LogP contribution in [0.5, 0.6) is 0 Å². The number of nitrogens with zero attached hydrogens (tertiary/aromatic N) is 2. The van der Waals surface area contributed by atoms with Gasteiger partial charge in [-0.05, 0) is 62.7 Å². The maximum atomic E-state index is 14.5. The number of fused-ring (bicyclic) bond motifs is 1. The van der Waals surface area contributed by atoms with Crippen LogP contribution < -0.4 is 10.6 Å². The maximum Gasteiger partial charge on any atom is 0.272 e. The molecule has 4 aromatic rings. The zero-order chi connectivity index (χ0) is 25.8. The molecule has 0 saturated heterocycles. The predicted molar refractivity (Wildman–Crippen MR) is 142 cm³/mol. The van der Waals surface area contributed by atoms with Crippen LogP contribution in [0.25, 0.3) is 10.9 Å². The van der Waals surface area contributed by atoms with E-state index in [1.54, 1.807) is 54.0 Å². The van der Waals surface area contributed by atoms with Gasteiger partial charge < -0.3 is 15.2 Å². The monoisotopic (exact) mass is 504 g/mol. The van der Waals surface area contributed by atoms with E-state index < -0.39 is 0 Å². The van der Waals surface area contributed by atoms with E-state index in [4.69, 9.17) is 11.6 Å². The number of nitrogens with one attached hydrogen (secondary N) is 2. The molecule has 0 saturated carbocycles. The van der Waals surface area contributed by atoms with Gasteiger partial charge in [0.25, 0.3) is 5.91 Å². The lowest BCUT2D eigenvalue weighted by Gasteiger charge is -2.13. The molecule has 2 aromatic heterocycles. The third-order valence-corrected chi connectivity index (χ3v) is 6.30. The van der Waals surface area contributed by atoms with Crippen molar-refractivity contribution in [2.75, 3.05) is 10.6 Å². The van der Waals surface area contributed by atoms with E-state index in [0.29, 0.717) is 34.2 Å². The summed E-state index contributed by atoms with van der Waals surface area (Å²) in [5.74, 6) is -0.855. The normalized spacial score (nSPS) is 11.5. The molecule has 0 bridgehead atoms. The fourth-order valence-electron chi connectivity index (χ4n) is 3.89. The van der Waals surface area contributed by atoms with Gasteiger partial charge in [-0.25, -0.2) is 9.37 Å². The molecule has 2 heterocycles. The van der Waals surface area contributed by atoms with E-state index >= 15 is 0 Å². The number of amides is 2. The average molecular weight is 505 g/mol. The van der Waals surface area contributed by atoms with Crippen molar-refractivity contribution in [3.63, 3.8) is 0 Å². The minimum atomic E-state index is -0.375. The first-order chi connectivity index (χ1) is 17.2. The molecule has 2 amide bonds. The van der Waals surface area contributed by atoms with Gasteiger partial charge in [-0.3, -0.25) is 9.59 Å². The second-order valence-electron chi connectivity index (χ2n) is 8.63. The Hall–Kier alpha value is -3.97. The smallest absolute Gasteiger partial charge is 0.272 e. The highest BCUT2D eigenvalue weighted by molar-refractivity contribution is 6.30. The number of aryl methyl sites for hydroxylation is 1. The summed E-state index contributed by atoms with van der Waals surface area (Å²) in [7, 11) is 0. The average Bonchev–Trinajstić information content (AvgIpc) is 3.20. The van der Waals surface area contributed by atoms with Gasteiger partial charge in [0.05, 0.1) is 18.4 Å². The van der Waals surface area contributed by atoms with E-state index in [1.807, 2.05) is 26.0 Å². The molecular formula is C28H26ClFN4O2. The number of carbonyl (C=O) groups is 2. The summed E-state index contributed by atoms with van der Waals surface area (Å²) < 4.78 is 16.3. The molecule has 184 valence electrons. The van der Waals surface area contributed by atoms with E-state index in [-0.39, 0.29) is 24.2 Å². The van der Waals surface area contributed by atoms with Crippen molar-refractivity contribution in [2.24, 2.45) is 0 Å². The van der Waals surface area contributed by atoms with E-state index in [0.717, 1.165) is 22.0 Å². The second-order valence-corrected chi connectivity index (χ2v) is 8.98. The fraction of sp³-hybridized carbons (Fsp3) is 0.179. The summed E-state index contributed by atoms with van der Waals surface area (Å²) in [5, 5.41) is 6.85. The van der Waals surface area contributed by atoms with E-state index in [9.17, 15) is 14.0 Å². The van der Waals surface area contributed by atoms with Crippen LogP contribution in [0.2, 0.25) is 5.15 Å². The Morgan fingerprint density at radius 1 is 1.08 bits per heavy atom. The van der Waals surface area contributed by atoms with Gasteiger partial charge >= 0.3 is 0 Å². The number of anilines is 2. The molecule has 0 unspecified atom stereocenters. The summed E-state index contributed by atoms with van der Waals surface area (Å²) in [6.07, 6.45) is 3.68. The van der Waals surface area contributed by atoms with Gasteiger partial charge in [-0.15, -0.1) is 0 Å². The van der Waals surface area contributed by atoms with Crippen LogP contribution >= 0.6 is 11.6 Å². The Kier molecular flexibility index (Phi) is 7.50. The van der Waals surface area contributed by atoms with Crippen LogP contribution in [0, 0.1) is 12.7 Å². The van der Waals surface area contributed by atoms with Crippen LogP contribution in [0.15, 0.2) is 72.4 Å². The van der Waals surface area contributed by atoms with Gasteiger partial charge in [-0.2, -0.15) is 0 Å². The lowest BCUT2D eigenvalue weighted by atomic mass is 10.2. The molecule has 0 aliphatic heterocycles. The third-order valence-electron chi connectivity index (χ3n) is 5.91. The fourth-order valence-corrected chi connectivity index (χ4v) is 3.99. The van der Waals surface area contributed by atoms with Crippen molar-refractivity contribution in [2.45, 2.75) is 33.7 Å². The van der Waals surface area contributed by atoms with Crippen molar-refractivity contribution in [3.8, 4) is 0 Å². The van der Waals surface area contributed by atoms with Crippen LogP contribution in [0.3, 0.4) is 0 Å². The van der Waals surface area contributed by atoms with Gasteiger partial charge in [0.15, 0.2) is 0 Å². The summed E-state index contributed by atoms with van der Waals surface area (Å²) in [4.78, 5) is 29.8. The van der Waals surface area contributed by atoms with Crippen LogP contribution in [0.4, 0.5) is 15.8 Å². The third kappa shape index (κ3) is 5.63. The lowest BCUT2D eigenvalue weighted by Crippen LogP contribution is -2.18. The molecule has 36 heavy (non-hydrogen) atoms. The minimum Gasteiger partial charge on any atom is -0.332 e. The van der Waals surface area contributed by atoms with Crippen LogP contribution in [-0.4, -0.2) is 21.4 Å². The minimum absolute atomic E-state index is 0.126. The number of hydrogen-bond acceptors (Lipinski definition) is 3. The highest BCUT2D eigenvalue weighted by atomic mass is 35.5. The second kappa shape index (κ2) is 10.7. The molecule has 0 atom stereocenters. The zero-order valence-electron chi connectivity index (χ0n) is 20.2. The number of pyridine rings is 1. The van der Waals surface area contributed by atoms with Crippen molar-refractivity contribution in [3.05, 3.63) is 100 Å². The number of hydrogen-bond donors (Lipinski definition) is 2. The lowest BCUT2D eigenvalue weighted by molar-refractivity contribution is -0.115. The Labute approximate surface area is 213 Å². The summed E-state index contributed by atoms with van der Waals surface area (Å²) in [6, 6.07) is 15.3. The zero-order valence-corrected chi connectivity index (χ0v) is 21.0. The Morgan fingerprint density at radius 3 is 2.58 bits per heavy atom. The highest BCUT2D eigenvalue weighted by Gasteiger charge is 2.18. The number of benzene rings is 2. The Morgan fingerprint density at radius 2 is 1.86 bits per heavy atom.